The molecule has 6 aliphatic rings. The van der Waals surface area contributed by atoms with Gasteiger partial charge in [-0.05, 0) is 188 Å². The molecule has 23 nitrogen and oxygen atoms in total. The molecule has 7 atom stereocenters. The first-order chi connectivity index (χ1) is 61.2. The number of hydrogen-bond acceptors (Lipinski definition) is 15. The van der Waals surface area contributed by atoms with Gasteiger partial charge in [0.15, 0.2) is 5.13 Å². The number of carbonyl (C=O) groups is 4. The standard InChI is InChI=1S/C23H21BrN4O2S.C23H24BrN3O3.C20H19ClN2O2.C17H15ClN2.C14H15BrN2O3/c1-12-11-25-23(31-12)28-22(29)19-10-17-16-9-14(24)5-8-18(16)26-21(17)20(27-19)13-3-6-15(30-2)7-4-13;1-29-16-5-2-14(3-6-16)21-22-18(17-12-15(24)4-7-19(17)25-22)13-20(26-21)23(28)27-8-10-30-11-9-27;1-2-25-20(24)23-11-16(13-6-4-3-5-7-13)19-17(12-23)15-10-14(21)8-9-18(15)22-19;18-12-6-7-16-13(8-12)15-10-19-9-14(17(15)20-16)11-4-2-1-3-5-11;1-2-20-14(19)17-6-10-9-5-8(15)3-4-11(9)16-13(10)12(18)7-17/h3-9,11,19-20,26-27H,10H2,1-2H3,(H,25,28,29);2-7,12,20-21,25-26H,8-11,13H2,1H3;3-10,16,22H,2,11-12H2,1H3;1-8,14,19-20H,9-10H2;3-5,12,16,18H,2,6-7H2,1H3. The van der Waals surface area contributed by atoms with Crippen LogP contribution < -0.4 is 30.7 Å². The Morgan fingerprint density at radius 3 is 1.44 bits per heavy atom. The smallest absolute Gasteiger partial charge is 0.410 e. The van der Waals surface area contributed by atoms with Crippen LogP contribution in [0.25, 0.3) is 54.5 Å². The summed E-state index contributed by atoms with van der Waals surface area (Å²) >= 11 is 24.4. The maximum absolute atomic E-state index is 13.3. The molecule has 6 aromatic heterocycles. The molecule has 7 unspecified atom stereocenters. The molecule has 6 aliphatic heterocycles. The lowest BCUT2D eigenvalue weighted by molar-refractivity contribution is -0.137. The fourth-order valence-corrected chi connectivity index (χ4v) is 20.0. The van der Waals surface area contributed by atoms with Crippen LogP contribution in [-0.4, -0.2) is 159 Å². The Morgan fingerprint density at radius 1 is 0.508 bits per heavy atom. The van der Waals surface area contributed by atoms with Crippen LogP contribution in [0.15, 0.2) is 220 Å². The van der Waals surface area contributed by atoms with Crippen molar-refractivity contribution in [2.24, 2.45) is 0 Å². The number of benzene rings is 9. The average Bonchev–Trinajstić information content (AvgIpc) is 1.73. The number of methoxy groups -OCH3 is 2. The minimum atomic E-state index is -0.714. The third-order valence-electron chi connectivity index (χ3n) is 24.0. The molecule has 29 heteroatoms. The number of rotatable bonds is 11. The van der Waals surface area contributed by atoms with Gasteiger partial charge >= 0.3 is 12.2 Å². The van der Waals surface area contributed by atoms with Gasteiger partial charge < -0.3 is 79.0 Å². The molecule has 0 bridgehead atoms. The Bertz CT molecular complexity index is 6480. The maximum Gasteiger partial charge on any atom is 0.410 e. The zero-order valence-corrected chi connectivity index (χ0v) is 76.9. The summed E-state index contributed by atoms with van der Waals surface area (Å²) < 4.78 is 29.3. The van der Waals surface area contributed by atoms with Gasteiger partial charge in [0.2, 0.25) is 11.8 Å². The van der Waals surface area contributed by atoms with E-state index in [0.29, 0.717) is 88.1 Å². The summed E-state index contributed by atoms with van der Waals surface area (Å²) in [4.78, 5) is 78.8. The molecule has 15 aromatic rings. The summed E-state index contributed by atoms with van der Waals surface area (Å²) in [6, 6.07) is 66.2. The molecule has 1 saturated heterocycles. The molecule has 0 aliphatic carbocycles. The van der Waals surface area contributed by atoms with E-state index in [0.717, 1.165) is 137 Å². The number of halogens is 5. The summed E-state index contributed by atoms with van der Waals surface area (Å²) in [5.41, 5.74) is 21.3. The molecule has 9 aromatic carbocycles. The van der Waals surface area contributed by atoms with Gasteiger partial charge in [-0.1, -0.05) is 156 Å². The first-order valence-electron chi connectivity index (χ1n) is 42.0. The molecular formula is C97H94Br3Cl2N13O10S. The van der Waals surface area contributed by atoms with E-state index < -0.39 is 6.10 Å². The molecule has 12 heterocycles. The van der Waals surface area contributed by atoms with Gasteiger partial charge in [0.25, 0.3) is 0 Å². The van der Waals surface area contributed by atoms with Crippen LogP contribution in [0.3, 0.4) is 0 Å². The number of aryl methyl sites for hydroxylation is 1. The third kappa shape index (κ3) is 18.8. The Balaban J connectivity index is 0.000000112. The number of nitrogens with one attached hydrogen (secondary N) is 9. The van der Waals surface area contributed by atoms with E-state index in [1.807, 2.05) is 128 Å². The SMILES string of the molecule is CCOC(=O)N1Cc2c([nH]c3ccc(Br)cc23)C(O)C1.CCOC(=O)N1Cc2c([nH]c3ccc(Cl)cc23)C(c2ccccc2)C1.COc1ccc(C2NC(C(=O)N3CCOCC3)Cc3c2[nH]c2ccc(Br)cc32)cc1.COc1ccc(C2NC(C(=O)Nc3ncc(C)s3)Cc3c2[nH]c2ccc(Br)cc32)cc1.Clc1ccc2[nH]c3c(c2c1)CNCC3c1ccccc1. The number of nitrogens with zero attached hydrogens (tertiary/aromatic N) is 4. The molecule has 4 amide bonds. The van der Waals surface area contributed by atoms with Crippen molar-refractivity contribution in [2.45, 2.75) is 95.4 Å². The van der Waals surface area contributed by atoms with Crippen LogP contribution in [0.2, 0.25) is 10.0 Å². The number of hydrogen-bond donors (Lipinski definition) is 10. The van der Waals surface area contributed by atoms with Crippen LogP contribution in [0.4, 0.5) is 14.7 Å². The van der Waals surface area contributed by atoms with Crippen molar-refractivity contribution >= 4 is 166 Å². The van der Waals surface area contributed by atoms with Gasteiger partial charge in [-0.2, -0.15) is 0 Å². The fraction of sp³-hybridized carbons (Fsp3) is 0.268. The summed E-state index contributed by atoms with van der Waals surface area (Å²) in [6.45, 7) is 12.5. The molecule has 21 rings (SSSR count). The third-order valence-corrected chi connectivity index (χ3v) is 26.7. The number of ether oxygens (including phenoxy) is 5. The Labute approximate surface area is 767 Å². The second-order valence-electron chi connectivity index (χ2n) is 31.7. The van der Waals surface area contributed by atoms with Crippen molar-refractivity contribution in [1.29, 1.82) is 0 Å². The van der Waals surface area contributed by atoms with Gasteiger partial charge in [0.05, 0.1) is 90.1 Å². The van der Waals surface area contributed by atoms with Crippen molar-refractivity contribution < 1.29 is 48.0 Å². The number of β-amino-alcohol motifs (C(OH)–C–C–N with tert-alkyl or cyclic N) is 1. The fourth-order valence-electron chi connectivity index (χ4n) is 17.9. The topological polar surface area (TPSA) is 284 Å². The van der Waals surface area contributed by atoms with Crippen molar-refractivity contribution in [3.8, 4) is 11.5 Å². The summed E-state index contributed by atoms with van der Waals surface area (Å²) in [5.74, 6) is 2.14. The second kappa shape index (κ2) is 38.8. The summed E-state index contributed by atoms with van der Waals surface area (Å²) in [5, 5.41) is 31.6. The van der Waals surface area contributed by atoms with Crippen molar-refractivity contribution in [3.05, 3.63) is 313 Å². The van der Waals surface area contributed by atoms with E-state index >= 15 is 0 Å². The molecule has 0 spiro atoms. The summed E-state index contributed by atoms with van der Waals surface area (Å²) in [6.07, 6.45) is 1.65. The number of fused-ring (bicyclic) bond motifs is 15. The second-order valence-corrected chi connectivity index (χ2v) is 36.6. The number of morpholine rings is 1. The number of H-pyrrole nitrogens is 5. The largest absolute Gasteiger partial charge is 0.497 e. The van der Waals surface area contributed by atoms with Crippen LogP contribution in [0.1, 0.15) is 127 Å². The number of anilines is 1. The number of aliphatic hydroxyl groups excluding tert-OH is 1. The van der Waals surface area contributed by atoms with Gasteiger partial charge in [-0.15, -0.1) is 11.3 Å². The zero-order chi connectivity index (χ0) is 87.4. The van der Waals surface area contributed by atoms with E-state index in [1.165, 1.54) is 60.5 Å². The van der Waals surface area contributed by atoms with E-state index in [9.17, 15) is 24.3 Å². The lowest BCUT2D eigenvalue weighted by Gasteiger charge is -2.35. The molecule has 648 valence electrons. The van der Waals surface area contributed by atoms with Crippen LogP contribution >= 0.6 is 82.3 Å². The van der Waals surface area contributed by atoms with Crippen LogP contribution in [0, 0.1) is 6.92 Å². The Kier molecular flexibility index (Phi) is 26.9. The molecular weight excluding hydrogens is 1850 g/mol. The van der Waals surface area contributed by atoms with E-state index in [2.05, 4.69) is 190 Å². The number of thiazole rings is 1. The lowest BCUT2D eigenvalue weighted by Crippen LogP contribution is -2.53. The molecule has 0 radical (unpaired) electrons. The van der Waals surface area contributed by atoms with Gasteiger partial charge in [0.1, 0.15) is 17.6 Å². The highest BCUT2D eigenvalue weighted by Crippen LogP contribution is 2.44. The monoisotopic (exact) mass is 1940 g/mol. The van der Waals surface area contributed by atoms with Crippen LogP contribution in [-0.2, 0) is 56.3 Å². The molecule has 10 N–H and O–H groups in total. The van der Waals surface area contributed by atoms with Gasteiger partial charge in [-0.3, -0.25) is 20.2 Å². The Hall–Kier alpha value is -10.8. The van der Waals surface area contributed by atoms with Crippen molar-refractivity contribution in [3.63, 3.8) is 0 Å². The highest BCUT2D eigenvalue weighted by molar-refractivity contribution is 9.11. The lowest BCUT2D eigenvalue weighted by atomic mass is 9.89. The summed E-state index contributed by atoms with van der Waals surface area (Å²) in [7, 11) is 3.32. The number of aromatic amines is 5. The molecule has 1 fully saturated rings. The number of aromatic nitrogens is 6. The predicted molar refractivity (Wildman–Crippen MR) is 507 cm³/mol. The van der Waals surface area contributed by atoms with E-state index in [-0.39, 0.29) is 60.6 Å². The number of aliphatic hydroxyl groups is 1. The first kappa shape index (κ1) is 87.3. The van der Waals surface area contributed by atoms with E-state index in [1.54, 1.807) is 32.2 Å². The highest BCUT2D eigenvalue weighted by Gasteiger charge is 2.40. The molecule has 0 saturated carbocycles. The first-order valence-corrected chi connectivity index (χ1v) is 45.9. The number of carbonyl (C=O) groups excluding carboxylic acids is 4. The van der Waals surface area contributed by atoms with Gasteiger partial charge in [0, 0.05) is 168 Å². The van der Waals surface area contributed by atoms with Crippen LogP contribution in [0.5, 0.6) is 11.5 Å². The van der Waals surface area contributed by atoms with Crippen molar-refractivity contribution in [2.75, 3.05) is 78.7 Å². The molecule has 126 heavy (non-hydrogen) atoms. The maximum atomic E-state index is 13.3. The quantitative estimate of drug-likeness (QED) is 0.0577. The predicted octanol–water partition coefficient (Wildman–Crippen LogP) is 20.3. The minimum Gasteiger partial charge on any atom is -0.497 e. The number of amides is 4. The van der Waals surface area contributed by atoms with Gasteiger partial charge in [-0.25, -0.2) is 14.6 Å². The minimum absolute atomic E-state index is 0.0807. The normalized spacial score (nSPS) is 18.6. The van der Waals surface area contributed by atoms with E-state index in [4.69, 9.17) is 46.9 Å². The zero-order valence-electron chi connectivity index (χ0n) is 69.8. The highest BCUT2D eigenvalue weighted by atomic mass is 79.9. The Morgan fingerprint density at radius 2 is 0.944 bits per heavy atom. The average molecular weight is 1940 g/mol. The van der Waals surface area contributed by atoms with Crippen molar-refractivity contribution in [1.82, 2.24) is 60.6 Å².